The van der Waals surface area contributed by atoms with Gasteiger partial charge in [0, 0.05) is 22.8 Å². The van der Waals surface area contributed by atoms with Crippen LogP contribution in [0, 0.1) is 5.82 Å². The third-order valence-electron chi connectivity index (χ3n) is 3.51. The molecule has 0 bridgehead atoms. The first-order chi connectivity index (χ1) is 11.6. The van der Waals surface area contributed by atoms with Crippen LogP contribution in [0.2, 0.25) is 0 Å². The molecule has 1 heterocycles. The van der Waals surface area contributed by atoms with Crippen molar-refractivity contribution in [2.75, 3.05) is 11.9 Å². The van der Waals surface area contributed by atoms with Crippen molar-refractivity contribution >= 4 is 22.5 Å². The number of pyridine rings is 1. The Hall–Kier alpha value is -3.15. The second-order valence-electron chi connectivity index (χ2n) is 5.13. The lowest BCUT2D eigenvalue weighted by atomic mass is 10.1. The fourth-order valence-electron chi connectivity index (χ4n) is 2.36. The third kappa shape index (κ3) is 3.12. The smallest absolute Gasteiger partial charge is 0.261 e. The first kappa shape index (κ1) is 15.7. The lowest BCUT2D eigenvalue weighted by molar-refractivity contribution is 0.102. The highest BCUT2D eigenvalue weighted by molar-refractivity contribution is 6.05. The molecule has 0 aliphatic rings. The molecule has 6 heteroatoms. The Bertz CT molecular complexity index is 949. The van der Waals surface area contributed by atoms with Crippen molar-refractivity contribution in [1.29, 1.82) is 0 Å². The van der Waals surface area contributed by atoms with Crippen molar-refractivity contribution in [1.82, 2.24) is 4.98 Å². The monoisotopic (exact) mass is 326 g/mol. The molecule has 0 aliphatic heterocycles. The number of hydrogen-bond acceptors (Lipinski definition) is 3. The van der Waals surface area contributed by atoms with E-state index in [1.165, 1.54) is 18.3 Å². The molecule has 0 aliphatic carbocycles. The van der Waals surface area contributed by atoms with E-state index in [9.17, 15) is 14.0 Å². The molecule has 24 heavy (non-hydrogen) atoms. The van der Waals surface area contributed by atoms with Crippen molar-refractivity contribution < 1.29 is 13.9 Å². The van der Waals surface area contributed by atoms with Crippen molar-refractivity contribution in [3.05, 3.63) is 70.3 Å². The number of halogens is 1. The van der Waals surface area contributed by atoms with Crippen LogP contribution in [0.25, 0.3) is 10.9 Å². The van der Waals surface area contributed by atoms with Gasteiger partial charge in [-0.05, 0) is 49.4 Å². The number of rotatable bonds is 4. The first-order valence-electron chi connectivity index (χ1n) is 7.43. The Morgan fingerprint density at radius 1 is 1.21 bits per heavy atom. The number of amides is 1. The summed E-state index contributed by atoms with van der Waals surface area (Å²) < 4.78 is 18.7. The summed E-state index contributed by atoms with van der Waals surface area (Å²) in [5.74, 6) is -0.404. The van der Waals surface area contributed by atoms with E-state index >= 15 is 0 Å². The normalized spacial score (nSPS) is 10.6. The first-order valence-corrected chi connectivity index (χ1v) is 7.43. The molecule has 3 aromatic rings. The van der Waals surface area contributed by atoms with E-state index in [-0.39, 0.29) is 10.9 Å². The molecule has 5 nitrogen and oxygen atoms in total. The minimum Gasteiger partial charge on any atom is -0.494 e. The SMILES string of the molecule is CCOc1ccc(NC(=O)c2c[nH]c3ccc(F)cc3c2=O)cc1. The van der Waals surface area contributed by atoms with E-state index in [1.54, 1.807) is 24.3 Å². The predicted molar refractivity (Wildman–Crippen MR) is 90.1 cm³/mol. The molecular formula is C18H15FN2O3. The number of ether oxygens (including phenoxy) is 1. The van der Waals surface area contributed by atoms with E-state index in [4.69, 9.17) is 4.74 Å². The van der Waals surface area contributed by atoms with Gasteiger partial charge in [-0.15, -0.1) is 0 Å². The highest BCUT2D eigenvalue weighted by atomic mass is 19.1. The van der Waals surface area contributed by atoms with E-state index in [1.807, 2.05) is 6.92 Å². The van der Waals surface area contributed by atoms with Crippen LogP contribution in [0.3, 0.4) is 0 Å². The molecule has 0 saturated heterocycles. The summed E-state index contributed by atoms with van der Waals surface area (Å²) in [5, 5.41) is 2.77. The topological polar surface area (TPSA) is 71.2 Å². The fraction of sp³-hybridized carbons (Fsp3) is 0.111. The maximum absolute atomic E-state index is 13.3. The van der Waals surface area contributed by atoms with E-state index in [0.717, 1.165) is 6.07 Å². The van der Waals surface area contributed by atoms with Crippen LogP contribution < -0.4 is 15.5 Å². The van der Waals surface area contributed by atoms with Crippen molar-refractivity contribution in [2.45, 2.75) is 6.92 Å². The van der Waals surface area contributed by atoms with Gasteiger partial charge >= 0.3 is 0 Å². The predicted octanol–water partition coefficient (Wildman–Crippen LogP) is 3.32. The summed E-state index contributed by atoms with van der Waals surface area (Å²) in [7, 11) is 0. The van der Waals surface area contributed by atoms with Gasteiger partial charge in [0.2, 0.25) is 5.43 Å². The number of carbonyl (C=O) groups excluding carboxylic acids is 1. The van der Waals surface area contributed by atoms with Gasteiger partial charge in [-0.25, -0.2) is 4.39 Å². The van der Waals surface area contributed by atoms with Gasteiger partial charge in [0.1, 0.15) is 17.1 Å². The highest BCUT2D eigenvalue weighted by Crippen LogP contribution is 2.16. The van der Waals surface area contributed by atoms with Crippen LogP contribution in [0.1, 0.15) is 17.3 Å². The van der Waals surface area contributed by atoms with Gasteiger partial charge in [-0.1, -0.05) is 0 Å². The maximum Gasteiger partial charge on any atom is 0.261 e. The van der Waals surface area contributed by atoms with Gasteiger partial charge in [0.25, 0.3) is 5.91 Å². The Balaban J connectivity index is 1.88. The number of benzene rings is 2. The number of carbonyl (C=O) groups is 1. The summed E-state index contributed by atoms with van der Waals surface area (Å²) in [6.07, 6.45) is 1.33. The number of hydrogen-bond donors (Lipinski definition) is 2. The van der Waals surface area contributed by atoms with Crippen LogP contribution >= 0.6 is 0 Å². The average Bonchev–Trinajstić information content (AvgIpc) is 2.57. The molecular weight excluding hydrogens is 311 g/mol. The molecule has 3 rings (SSSR count). The Kier molecular flexibility index (Phi) is 4.29. The number of H-pyrrole nitrogens is 1. The van der Waals surface area contributed by atoms with Gasteiger partial charge in [0.15, 0.2) is 0 Å². The molecule has 0 atom stereocenters. The standard InChI is InChI=1S/C18H15FN2O3/c1-2-24-13-6-4-12(5-7-13)21-18(23)15-10-20-16-8-3-11(19)9-14(16)17(15)22/h3-10H,2H2,1H3,(H,20,22)(H,21,23). The average molecular weight is 326 g/mol. The highest BCUT2D eigenvalue weighted by Gasteiger charge is 2.13. The zero-order chi connectivity index (χ0) is 17.1. The zero-order valence-corrected chi connectivity index (χ0v) is 12.9. The maximum atomic E-state index is 13.3. The molecule has 0 radical (unpaired) electrons. The number of fused-ring (bicyclic) bond motifs is 1. The summed E-state index contributed by atoms with van der Waals surface area (Å²) in [5.41, 5.74) is 0.398. The van der Waals surface area contributed by atoms with Crippen LogP contribution in [-0.2, 0) is 0 Å². The van der Waals surface area contributed by atoms with E-state index < -0.39 is 17.2 Å². The number of anilines is 1. The summed E-state index contributed by atoms with van der Waals surface area (Å²) in [6, 6.07) is 10.6. The lowest BCUT2D eigenvalue weighted by Crippen LogP contribution is -2.22. The summed E-state index contributed by atoms with van der Waals surface area (Å²) in [6.45, 7) is 2.43. The second-order valence-corrected chi connectivity index (χ2v) is 5.13. The molecule has 1 aromatic heterocycles. The van der Waals surface area contributed by atoms with Gasteiger partial charge in [-0.2, -0.15) is 0 Å². The van der Waals surface area contributed by atoms with Crippen LogP contribution in [0.5, 0.6) is 5.75 Å². The zero-order valence-electron chi connectivity index (χ0n) is 12.9. The van der Waals surface area contributed by atoms with Crippen LogP contribution in [-0.4, -0.2) is 17.5 Å². The molecule has 0 fully saturated rings. The number of nitrogens with one attached hydrogen (secondary N) is 2. The lowest BCUT2D eigenvalue weighted by Gasteiger charge is -2.07. The molecule has 0 saturated carbocycles. The van der Waals surface area contributed by atoms with Gasteiger partial charge < -0.3 is 15.0 Å². The third-order valence-corrected chi connectivity index (χ3v) is 3.51. The van der Waals surface area contributed by atoms with Crippen molar-refractivity contribution in [3.8, 4) is 5.75 Å². The Morgan fingerprint density at radius 2 is 1.96 bits per heavy atom. The van der Waals surface area contributed by atoms with Gasteiger partial charge in [0.05, 0.1) is 6.61 Å². The quantitative estimate of drug-likeness (QED) is 0.772. The molecule has 1 amide bonds. The summed E-state index contributed by atoms with van der Waals surface area (Å²) >= 11 is 0. The largest absolute Gasteiger partial charge is 0.494 e. The van der Waals surface area contributed by atoms with Gasteiger partial charge in [-0.3, -0.25) is 9.59 Å². The minimum atomic E-state index is -0.563. The minimum absolute atomic E-state index is 0.0815. The molecule has 2 aromatic carbocycles. The number of aromatic amines is 1. The van der Waals surface area contributed by atoms with Crippen molar-refractivity contribution in [2.24, 2.45) is 0 Å². The van der Waals surface area contributed by atoms with E-state index in [0.29, 0.717) is 23.6 Å². The Labute approximate surface area is 137 Å². The van der Waals surface area contributed by atoms with E-state index in [2.05, 4.69) is 10.3 Å². The molecule has 2 N–H and O–H groups in total. The number of aromatic nitrogens is 1. The Morgan fingerprint density at radius 3 is 2.67 bits per heavy atom. The molecule has 0 unspecified atom stereocenters. The van der Waals surface area contributed by atoms with Crippen LogP contribution in [0.15, 0.2) is 53.5 Å². The summed E-state index contributed by atoms with van der Waals surface area (Å²) in [4.78, 5) is 27.5. The van der Waals surface area contributed by atoms with Crippen LogP contribution in [0.4, 0.5) is 10.1 Å². The molecule has 0 spiro atoms. The van der Waals surface area contributed by atoms with Crippen molar-refractivity contribution in [3.63, 3.8) is 0 Å². The molecule has 122 valence electrons. The second kappa shape index (κ2) is 6.54. The fourth-order valence-corrected chi connectivity index (χ4v) is 2.36.